The van der Waals surface area contributed by atoms with Crippen molar-refractivity contribution >= 4 is 23.2 Å². The summed E-state index contributed by atoms with van der Waals surface area (Å²) in [4.78, 5) is 9.57. The highest BCUT2D eigenvalue weighted by Crippen LogP contribution is 1.65. The number of hydrogen-bond acceptors (Lipinski definition) is 2. The number of thiocarbonyl (C=S) groups is 1. The van der Waals surface area contributed by atoms with E-state index in [4.69, 9.17) is 5.11 Å². The summed E-state index contributed by atoms with van der Waals surface area (Å²) in [5, 5.41) is 10.3. The Morgan fingerprint density at radius 3 is 2.29 bits per heavy atom. The van der Waals surface area contributed by atoms with E-state index >= 15 is 0 Å². The second-order valence-electron chi connectivity index (χ2n) is 0.884. The normalized spacial score (nSPS) is 7.57. The van der Waals surface area contributed by atoms with Gasteiger partial charge in [0.2, 0.25) is 0 Å². The minimum atomic E-state index is -1.09. The number of carboxylic acids is 1. The Hall–Kier alpha value is -0.640. The molecule has 3 nitrogen and oxygen atoms in total. The lowest BCUT2D eigenvalue weighted by atomic mass is 10.7. The first-order valence-corrected chi connectivity index (χ1v) is 2.04. The van der Waals surface area contributed by atoms with Crippen LogP contribution < -0.4 is 5.32 Å². The molecule has 0 heterocycles. The molecule has 0 amide bonds. The molecule has 2 N–H and O–H groups in total. The number of aliphatic carboxylic acids is 1. The fourth-order valence-electron chi connectivity index (χ4n) is 0.107. The van der Waals surface area contributed by atoms with Gasteiger partial charge in [0.05, 0.1) is 0 Å². The van der Waals surface area contributed by atoms with Crippen LogP contribution in [0.25, 0.3) is 0 Å². The molecule has 0 aliphatic carbocycles. The summed E-state index contributed by atoms with van der Waals surface area (Å²) in [6.07, 6.45) is 0. The molecule has 0 aliphatic heterocycles. The van der Waals surface area contributed by atoms with Crippen molar-refractivity contribution in [3.63, 3.8) is 0 Å². The number of likely N-dealkylation sites (N-methyl/N-ethyl adjacent to an activating group) is 1. The minimum Gasteiger partial charge on any atom is -0.476 e. The Bertz CT molecular complexity index is 101. The van der Waals surface area contributed by atoms with Crippen LogP contribution in [0.5, 0.6) is 0 Å². The van der Waals surface area contributed by atoms with E-state index in [0.717, 1.165) is 0 Å². The fraction of sp³-hybridized carbons (Fsp3) is 0.333. The monoisotopic (exact) mass is 119 g/mol. The maximum atomic E-state index is 9.73. The van der Waals surface area contributed by atoms with Crippen molar-refractivity contribution in [3.8, 4) is 0 Å². The highest BCUT2D eigenvalue weighted by atomic mass is 32.1. The Kier molecular flexibility index (Phi) is 2.29. The summed E-state index contributed by atoms with van der Waals surface area (Å²) in [5.74, 6) is -1.09. The molecule has 0 aromatic heterocycles. The van der Waals surface area contributed by atoms with Crippen LogP contribution in [0.15, 0.2) is 0 Å². The molecule has 0 bridgehead atoms. The highest BCUT2D eigenvalue weighted by molar-refractivity contribution is 7.81. The molecule has 0 aliphatic rings. The first-order valence-electron chi connectivity index (χ1n) is 1.63. The van der Waals surface area contributed by atoms with E-state index in [2.05, 4.69) is 17.5 Å². The topological polar surface area (TPSA) is 49.3 Å². The second-order valence-corrected chi connectivity index (χ2v) is 1.29. The molecular formula is C3H5NO2S. The number of hydrogen-bond donors (Lipinski definition) is 2. The van der Waals surface area contributed by atoms with Gasteiger partial charge in [0, 0.05) is 7.05 Å². The van der Waals surface area contributed by atoms with Crippen molar-refractivity contribution in [2.75, 3.05) is 7.05 Å². The standard InChI is InChI=1S/C3H5NO2S/c1-4-2(7)3(5)6/h1H3,(H,4,7)(H,5,6). The predicted octanol–water partition coefficient (Wildman–Crippen LogP) is -0.382. The van der Waals surface area contributed by atoms with Crippen LogP contribution in [0.1, 0.15) is 0 Å². The predicted molar refractivity (Wildman–Crippen MR) is 29.3 cm³/mol. The van der Waals surface area contributed by atoms with E-state index in [1.54, 1.807) is 0 Å². The van der Waals surface area contributed by atoms with E-state index < -0.39 is 5.97 Å². The zero-order chi connectivity index (χ0) is 5.86. The summed E-state index contributed by atoms with van der Waals surface area (Å²) in [6.45, 7) is 0. The number of nitrogens with one attached hydrogen (secondary N) is 1. The summed E-state index contributed by atoms with van der Waals surface area (Å²) in [6, 6.07) is 0. The maximum Gasteiger partial charge on any atom is 0.363 e. The summed E-state index contributed by atoms with van der Waals surface area (Å²) in [7, 11) is 1.47. The van der Waals surface area contributed by atoms with Crippen molar-refractivity contribution < 1.29 is 9.90 Å². The third-order valence-electron chi connectivity index (χ3n) is 0.421. The van der Waals surface area contributed by atoms with Crippen LogP contribution in [-0.4, -0.2) is 23.1 Å². The van der Waals surface area contributed by atoms with Crippen molar-refractivity contribution in [2.24, 2.45) is 0 Å². The van der Waals surface area contributed by atoms with Gasteiger partial charge in [0.15, 0.2) is 4.99 Å². The molecule has 7 heavy (non-hydrogen) atoms. The quantitative estimate of drug-likeness (QED) is 0.427. The summed E-state index contributed by atoms with van der Waals surface area (Å²) >= 11 is 4.27. The lowest BCUT2D eigenvalue weighted by molar-refractivity contribution is -0.129. The smallest absolute Gasteiger partial charge is 0.363 e. The second kappa shape index (κ2) is 2.52. The molecule has 0 saturated heterocycles. The summed E-state index contributed by atoms with van der Waals surface area (Å²) in [5.41, 5.74) is 0. The largest absolute Gasteiger partial charge is 0.476 e. The Morgan fingerprint density at radius 1 is 1.86 bits per heavy atom. The number of carboxylic acid groups (broad SMARTS) is 1. The van der Waals surface area contributed by atoms with E-state index in [1.165, 1.54) is 7.05 Å². The Labute approximate surface area is 46.3 Å². The zero-order valence-corrected chi connectivity index (χ0v) is 4.58. The first kappa shape index (κ1) is 6.36. The van der Waals surface area contributed by atoms with Gasteiger partial charge in [-0.1, -0.05) is 12.2 Å². The Balaban J connectivity index is 3.58. The zero-order valence-electron chi connectivity index (χ0n) is 3.76. The average molecular weight is 119 g/mol. The molecule has 0 saturated carbocycles. The van der Waals surface area contributed by atoms with Gasteiger partial charge in [0.25, 0.3) is 0 Å². The average Bonchev–Trinajstić information content (AvgIpc) is 1.65. The molecule has 0 atom stereocenters. The minimum absolute atomic E-state index is 0.153. The molecule has 4 heteroatoms. The van der Waals surface area contributed by atoms with Crippen molar-refractivity contribution in [2.45, 2.75) is 0 Å². The van der Waals surface area contributed by atoms with E-state index in [9.17, 15) is 4.79 Å². The molecule has 0 spiro atoms. The maximum absolute atomic E-state index is 9.73. The third kappa shape index (κ3) is 2.11. The van der Waals surface area contributed by atoms with E-state index in [1.807, 2.05) is 0 Å². The van der Waals surface area contributed by atoms with Gasteiger partial charge in [-0.15, -0.1) is 0 Å². The summed E-state index contributed by atoms with van der Waals surface area (Å²) < 4.78 is 0. The van der Waals surface area contributed by atoms with Crippen LogP contribution in [-0.2, 0) is 4.79 Å². The van der Waals surface area contributed by atoms with Crippen LogP contribution in [0.3, 0.4) is 0 Å². The van der Waals surface area contributed by atoms with Gasteiger partial charge < -0.3 is 10.4 Å². The molecule has 0 fully saturated rings. The van der Waals surface area contributed by atoms with E-state index in [-0.39, 0.29) is 4.99 Å². The van der Waals surface area contributed by atoms with Gasteiger partial charge in [-0.3, -0.25) is 0 Å². The molecule has 40 valence electrons. The Morgan fingerprint density at radius 2 is 2.29 bits per heavy atom. The molecule has 0 aromatic carbocycles. The van der Waals surface area contributed by atoms with Crippen molar-refractivity contribution in [3.05, 3.63) is 0 Å². The first-order chi connectivity index (χ1) is 3.18. The van der Waals surface area contributed by atoms with Crippen LogP contribution in [0.2, 0.25) is 0 Å². The molecular weight excluding hydrogens is 114 g/mol. The lowest BCUT2D eigenvalue weighted by Gasteiger charge is -1.89. The molecule has 0 rings (SSSR count). The van der Waals surface area contributed by atoms with Gasteiger partial charge >= 0.3 is 5.97 Å². The van der Waals surface area contributed by atoms with Crippen molar-refractivity contribution in [1.29, 1.82) is 0 Å². The fourth-order valence-corrected chi connectivity index (χ4v) is 0.107. The highest BCUT2D eigenvalue weighted by Gasteiger charge is 1.99. The number of rotatable bonds is 0. The molecule has 0 aromatic rings. The van der Waals surface area contributed by atoms with E-state index in [0.29, 0.717) is 0 Å². The third-order valence-corrected chi connectivity index (χ3v) is 0.800. The number of carbonyl (C=O) groups is 1. The van der Waals surface area contributed by atoms with Gasteiger partial charge in [-0.25, -0.2) is 4.79 Å². The van der Waals surface area contributed by atoms with Gasteiger partial charge in [-0.2, -0.15) is 0 Å². The molecule has 0 radical (unpaired) electrons. The van der Waals surface area contributed by atoms with Crippen LogP contribution in [0, 0.1) is 0 Å². The van der Waals surface area contributed by atoms with Crippen molar-refractivity contribution in [1.82, 2.24) is 5.32 Å². The van der Waals surface area contributed by atoms with Crippen LogP contribution in [0.4, 0.5) is 0 Å². The SMILES string of the molecule is CNC(=S)C(=O)O. The van der Waals surface area contributed by atoms with Crippen LogP contribution >= 0.6 is 12.2 Å². The lowest BCUT2D eigenvalue weighted by Crippen LogP contribution is -2.24. The van der Waals surface area contributed by atoms with Gasteiger partial charge in [0.1, 0.15) is 0 Å². The van der Waals surface area contributed by atoms with Gasteiger partial charge in [-0.05, 0) is 0 Å². The molecule has 0 unspecified atom stereocenters.